The van der Waals surface area contributed by atoms with Gasteiger partial charge in [-0.05, 0) is 30.5 Å². The maximum Gasteiger partial charge on any atom is 0.214 e. The van der Waals surface area contributed by atoms with Gasteiger partial charge in [-0.25, -0.2) is 8.42 Å². The molecule has 2 aliphatic rings. The number of hydrogen-bond acceptors (Lipinski definition) is 5. The fraction of sp³-hybridized carbons (Fsp3) is 0.688. The summed E-state index contributed by atoms with van der Waals surface area (Å²) in [4.78, 5) is 3.98. The Labute approximate surface area is 137 Å². The zero-order valence-electron chi connectivity index (χ0n) is 13.5. The standard InChI is InChI=1S/C16H24N2O4S/c1-2-9-23(19,20)18-12-16(13-18)15(5-8-22-16)11-21-10-14-3-6-17-7-4-14/h3-4,6-7,15H,2,5,8-13H2,1H3/t15-/m1/s1. The summed E-state index contributed by atoms with van der Waals surface area (Å²) in [5, 5.41) is 0. The Morgan fingerprint density at radius 1 is 1.39 bits per heavy atom. The molecule has 0 radical (unpaired) electrons. The van der Waals surface area contributed by atoms with Gasteiger partial charge in [0.15, 0.2) is 0 Å². The van der Waals surface area contributed by atoms with Crippen molar-refractivity contribution in [3.63, 3.8) is 0 Å². The highest BCUT2D eigenvalue weighted by molar-refractivity contribution is 7.89. The van der Waals surface area contributed by atoms with Gasteiger partial charge in [0, 0.05) is 38.0 Å². The van der Waals surface area contributed by atoms with E-state index in [1.54, 1.807) is 16.7 Å². The van der Waals surface area contributed by atoms with Gasteiger partial charge in [0.2, 0.25) is 10.0 Å². The molecule has 0 bridgehead atoms. The third-order valence-corrected chi connectivity index (χ3v) is 6.65. The van der Waals surface area contributed by atoms with Crippen LogP contribution in [0, 0.1) is 5.92 Å². The Balaban J connectivity index is 1.51. The lowest BCUT2D eigenvalue weighted by Crippen LogP contribution is -2.66. The van der Waals surface area contributed by atoms with Crippen LogP contribution in [0.4, 0.5) is 0 Å². The van der Waals surface area contributed by atoms with Crippen molar-refractivity contribution in [3.05, 3.63) is 30.1 Å². The summed E-state index contributed by atoms with van der Waals surface area (Å²) in [6.07, 6.45) is 5.08. The second kappa shape index (κ2) is 6.84. The van der Waals surface area contributed by atoms with Gasteiger partial charge in [-0.15, -0.1) is 0 Å². The second-order valence-corrected chi connectivity index (χ2v) is 8.44. The van der Waals surface area contributed by atoms with Crippen molar-refractivity contribution >= 4 is 10.0 Å². The molecule has 7 heteroatoms. The summed E-state index contributed by atoms with van der Waals surface area (Å²) in [6, 6.07) is 3.87. The molecule has 0 saturated carbocycles. The molecule has 3 heterocycles. The number of ether oxygens (including phenoxy) is 2. The van der Waals surface area contributed by atoms with Crippen LogP contribution in [-0.2, 0) is 26.1 Å². The smallest absolute Gasteiger partial charge is 0.214 e. The first-order valence-electron chi connectivity index (χ1n) is 8.14. The van der Waals surface area contributed by atoms with Gasteiger partial charge in [-0.2, -0.15) is 4.31 Å². The van der Waals surface area contributed by atoms with Crippen LogP contribution in [0.3, 0.4) is 0 Å². The van der Waals surface area contributed by atoms with Crippen LogP contribution >= 0.6 is 0 Å². The molecular weight excluding hydrogens is 316 g/mol. The van der Waals surface area contributed by atoms with Gasteiger partial charge in [0.05, 0.1) is 19.0 Å². The quantitative estimate of drug-likeness (QED) is 0.751. The third kappa shape index (κ3) is 3.57. The average molecular weight is 340 g/mol. The molecule has 0 N–H and O–H groups in total. The number of aromatic nitrogens is 1. The molecule has 2 fully saturated rings. The molecule has 0 aromatic carbocycles. The normalized spacial score (nSPS) is 24.0. The second-order valence-electron chi connectivity index (χ2n) is 6.35. The van der Waals surface area contributed by atoms with Crippen LogP contribution in [0.2, 0.25) is 0 Å². The molecule has 2 saturated heterocycles. The third-order valence-electron chi connectivity index (χ3n) is 4.68. The molecule has 1 aromatic heterocycles. The van der Waals surface area contributed by atoms with Gasteiger partial charge in [0.1, 0.15) is 5.60 Å². The van der Waals surface area contributed by atoms with E-state index in [0.717, 1.165) is 12.0 Å². The van der Waals surface area contributed by atoms with Crippen molar-refractivity contribution in [2.45, 2.75) is 32.0 Å². The highest BCUT2D eigenvalue weighted by atomic mass is 32.2. The Hall–Kier alpha value is -1.02. The first-order valence-corrected chi connectivity index (χ1v) is 9.75. The predicted octanol–water partition coefficient (Wildman–Crippen LogP) is 1.43. The molecule has 2 aliphatic heterocycles. The van der Waals surface area contributed by atoms with E-state index in [-0.39, 0.29) is 17.3 Å². The average Bonchev–Trinajstić information content (AvgIpc) is 2.91. The molecule has 1 aromatic rings. The molecule has 6 nitrogen and oxygen atoms in total. The van der Waals surface area contributed by atoms with Crippen molar-refractivity contribution in [3.8, 4) is 0 Å². The van der Waals surface area contributed by atoms with Crippen LogP contribution in [0.25, 0.3) is 0 Å². The topological polar surface area (TPSA) is 68.7 Å². The van der Waals surface area contributed by atoms with Crippen LogP contribution in [0.1, 0.15) is 25.3 Å². The predicted molar refractivity (Wildman–Crippen MR) is 86.3 cm³/mol. The Morgan fingerprint density at radius 2 is 2.13 bits per heavy atom. The van der Waals surface area contributed by atoms with E-state index < -0.39 is 10.0 Å². The first kappa shape index (κ1) is 16.8. The van der Waals surface area contributed by atoms with E-state index in [2.05, 4.69) is 4.98 Å². The summed E-state index contributed by atoms with van der Waals surface area (Å²) >= 11 is 0. The van der Waals surface area contributed by atoms with Gasteiger partial charge >= 0.3 is 0 Å². The lowest BCUT2D eigenvalue weighted by atomic mass is 9.83. The summed E-state index contributed by atoms with van der Waals surface area (Å²) in [5.74, 6) is 0.476. The summed E-state index contributed by atoms with van der Waals surface area (Å²) < 4.78 is 37.5. The minimum atomic E-state index is -3.12. The lowest BCUT2D eigenvalue weighted by molar-refractivity contribution is -0.115. The number of sulfonamides is 1. The molecular formula is C16H24N2O4S. The molecule has 128 valence electrons. The molecule has 23 heavy (non-hydrogen) atoms. The Kier molecular flexibility index (Phi) is 5.01. The maximum atomic E-state index is 12.1. The number of pyridine rings is 1. The van der Waals surface area contributed by atoms with E-state index in [4.69, 9.17) is 9.47 Å². The summed E-state index contributed by atoms with van der Waals surface area (Å²) in [5.41, 5.74) is 0.757. The van der Waals surface area contributed by atoms with E-state index in [1.807, 2.05) is 19.1 Å². The van der Waals surface area contributed by atoms with E-state index in [1.165, 1.54) is 0 Å². The summed E-state index contributed by atoms with van der Waals surface area (Å²) in [7, 11) is -3.12. The lowest BCUT2D eigenvalue weighted by Gasteiger charge is -2.49. The van der Waals surface area contributed by atoms with Crippen molar-refractivity contribution < 1.29 is 17.9 Å². The fourth-order valence-corrected chi connectivity index (χ4v) is 4.91. The zero-order valence-corrected chi connectivity index (χ0v) is 14.3. The summed E-state index contributed by atoms with van der Waals surface area (Å²) in [6.45, 7) is 4.66. The van der Waals surface area contributed by atoms with Crippen molar-refractivity contribution in [1.82, 2.24) is 9.29 Å². The molecule has 0 unspecified atom stereocenters. The number of nitrogens with zero attached hydrogens (tertiary/aromatic N) is 2. The molecule has 0 aliphatic carbocycles. The van der Waals surface area contributed by atoms with Gasteiger partial charge in [0.25, 0.3) is 0 Å². The highest BCUT2D eigenvalue weighted by Crippen LogP contribution is 2.41. The molecule has 1 spiro atoms. The van der Waals surface area contributed by atoms with Crippen molar-refractivity contribution in [1.29, 1.82) is 0 Å². The van der Waals surface area contributed by atoms with E-state index >= 15 is 0 Å². The van der Waals surface area contributed by atoms with Gasteiger partial charge in [-0.1, -0.05) is 6.92 Å². The van der Waals surface area contributed by atoms with Crippen LogP contribution in [-0.4, -0.2) is 55.4 Å². The number of hydrogen-bond donors (Lipinski definition) is 0. The van der Waals surface area contributed by atoms with E-state index in [9.17, 15) is 8.42 Å². The zero-order chi connectivity index (χ0) is 16.3. The van der Waals surface area contributed by atoms with Crippen LogP contribution in [0.15, 0.2) is 24.5 Å². The highest BCUT2D eigenvalue weighted by Gasteiger charge is 2.56. The Morgan fingerprint density at radius 3 is 2.83 bits per heavy atom. The first-order chi connectivity index (χ1) is 11.1. The van der Waals surface area contributed by atoms with Gasteiger partial charge in [-0.3, -0.25) is 4.98 Å². The molecule has 0 amide bonds. The molecule has 1 atom stereocenters. The van der Waals surface area contributed by atoms with E-state index in [0.29, 0.717) is 39.3 Å². The monoisotopic (exact) mass is 340 g/mol. The maximum absolute atomic E-state index is 12.1. The van der Waals surface area contributed by atoms with Gasteiger partial charge < -0.3 is 9.47 Å². The largest absolute Gasteiger partial charge is 0.376 e. The number of rotatable bonds is 7. The van der Waals surface area contributed by atoms with Crippen LogP contribution < -0.4 is 0 Å². The molecule has 3 rings (SSSR count). The van der Waals surface area contributed by atoms with Crippen LogP contribution in [0.5, 0.6) is 0 Å². The SMILES string of the molecule is CCCS(=O)(=O)N1CC2(C1)OCC[C@@H]2COCc1ccncc1. The van der Waals surface area contributed by atoms with Crippen molar-refractivity contribution in [2.75, 3.05) is 32.1 Å². The minimum Gasteiger partial charge on any atom is -0.376 e. The van der Waals surface area contributed by atoms with Crippen molar-refractivity contribution in [2.24, 2.45) is 5.92 Å². The minimum absolute atomic E-state index is 0.215. The Bertz CT molecular complexity index is 614. The fourth-order valence-electron chi connectivity index (χ4n) is 3.30.